The molecule has 2 heteroatoms. The predicted octanol–water partition coefficient (Wildman–Crippen LogP) is 4.87. The summed E-state index contributed by atoms with van der Waals surface area (Å²) in [6.07, 6.45) is 15.3. The van der Waals surface area contributed by atoms with Gasteiger partial charge in [-0.1, -0.05) is 31.9 Å². The van der Waals surface area contributed by atoms with Crippen molar-refractivity contribution in [2.75, 3.05) is 19.1 Å². The summed E-state index contributed by atoms with van der Waals surface area (Å²) in [6.45, 7) is 3.66. The first-order valence-electron chi connectivity index (χ1n) is 6.60. The smallest absolute Gasteiger partial charge is 0.0721 e. The molecule has 0 rings (SSSR count). The third-order valence-corrected chi connectivity index (χ3v) is 2.48. The molecule has 17 heavy (non-hydrogen) atoms. The predicted molar refractivity (Wildman–Crippen MR) is 76.7 cm³/mol. The van der Waals surface area contributed by atoms with Crippen molar-refractivity contribution in [1.82, 2.24) is 0 Å². The van der Waals surface area contributed by atoms with Gasteiger partial charge in [-0.25, -0.2) is 0 Å². The van der Waals surface area contributed by atoms with Crippen LogP contribution >= 0.6 is 11.6 Å². The third kappa shape index (κ3) is 15.5. The number of unbranched alkanes of at least 4 members (excludes halogenated alkanes) is 3. The molecule has 0 aromatic rings. The van der Waals surface area contributed by atoms with Crippen LogP contribution in [0.25, 0.3) is 0 Å². The summed E-state index contributed by atoms with van der Waals surface area (Å²) in [6, 6.07) is 0. The van der Waals surface area contributed by atoms with E-state index >= 15 is 0 Å². The van der Waals surface area contributed by atoms with E-state index < -0.39 is 0 Å². The maximum Gasteiger partial charge on any atom is 0.0721 e. The molecule has 0 N–H and O–H groups in total. The minimum Gasteiger partial charge on any atom is -0.376 e. The quantitative estimate of drug-likeness (QED) is 0.222. The fraction of sp³-hybridized carbons (Fsp3) is 0.667. The van der Waals surface area contributed by atoms with Gasteiger partial charge >= 0.3 is 0 Å². The molecular weight excluding hydrogens is 232 g/mol. The van der Waals surface area contributed by atoms with Crippen LogP contribution in [-0.2, 0) is 4.74 Å². The molecule has 0 aromatic carbocycles. The normalized spacial score (nSPS) is 10.5. The van der Waals surface area contributed by atoms with Crippen LogP contribution in [0.15, 0.2) is 30.0 Å². The molecule has 0 unspecified atom stereocenters. The van der Waals surface area contributed by atoms with Crippen molar-refractivity contribution >= 4 is 11.6 Å². The minimum absolute atomic E-state index is 0.641. The average Bonchev–Trinajstić information content (AvgIpc) is 2.35. The second-order valence-electron chi connectivity index (χ2n) is 3.88. The fourth-order valence-corrected chi connectivity index (χ4v) is 1.42. The van der Waals surface area contributed by atoms with Gasteiger partial charge in [0.15, 0.2) is 0 Å². The van der Waals surface area contributed by atoms with Crippen LogP contribution in [0.3, 0.4) is 0 Å². The summed E-state index contributed by atoms with van der Waals surface area (Å²) in [4.78, 5) is 0. The van der Waals surface area contributed by atoms with Gasteiger partial charge in [0.2, 0.25) is 0 Å². The van der Waals surface area contributed by atoms with E-state index in [2.05, 4.69) is 24.8 Å². The summed E-state index contributed by atoms with van der Waals surface area (Å²) in [5.41, 5.74) is 3.03. The molecule has 0 saturated carbocycles. The second-order valence-corrected chi connectivity index (χ2v) is 4.26. The Hall–Kier alpha value is -0.490. The highest BCUT2D eigenvalue weighted by atomic mass is 35.5. The van der Waals surface area contributed by atoms with Crippen LogP contribution < -0.4 is 0 Å². The highest BCUT2D eigenvalue weighted by Gasteiger charge is 1.83. The highest BCUT2D eigenvalue weighted by Crippen LogP contribution is 2.00. The van der Waals surface area contributed by atoms with Crippen molar-refractivity contribution in [3.8, 4) is 0 Å². The average molecular weight is 257 g/mol. The van der Waals surface area contributed by atoms with E-state index in [1.165, 1.54) is 25.7 Å². The number of halogens is 1. The summed E-state index contributed by atoms with van der Waals surface area (Å²) in [5.74, 6) is 0.657. The van der Waals surface area contributed by atoms with Crippen LogP contribution in [0.5, 0.6) is 0 Å². The van der Waals surface area contributed by atoms with E-state index in [4.69, 9.17) is 16.3 Å². The number of alkyl halides is 1. The topological polar surface area (TPSA) is 9.23 Å². The largest absolute Gasteiger partial charge is 0.376 e. The molecule has 98 valence electrons. The lowest BCUT2D eigenvalue weighted by Gasteiger charge is -1.96. The maximum absolute atomic E-state index is 5.52. The van der Waals surface area contributed by atoms with Gasteiger partial charge in [-0.2, -0.15) is 0 Å². The number of allylic oxidation sites excluding steroid dienone is 1. The molecule has 0 fully saturated rings. The molecule has 0 heterocycles. The molecule has 0 bridgehead atoms. The van der Waals surface area contributed by atoms with Gasteiger partial charge in [0, 0.05) is 5.88 Å². The van der Waals surface area contributed by atoms with Crippen LogP contribution in [0.4, 0.5) is 0 Å². The van der Waals surface area contributed by atoms with Crippen molar-refractivity contribution in [3.63, 3.8) is 0 Å². The van der Waals surface area contributed by atoms with Gasteiger partial charge < -0.3 is 4.74 Å². The molecule has 1 nitrogen and oxygen atoms in total. The lowest BCUT2D eigenvalue weighted by molar-refractivity contribution is 0.167. The Bertz CT molecular complexity index is 227. The van der Waals surface area contributed by atoms with E-state index in [-0.39, 0.29) is 0 Å². The zero-order valence-corrected chi connectivity index (χ0v) is 11.7. The van der Waals surface area contributed by atoms with E-state index in [0.29, 0.717) is 12.5 Å². The van der Waals surface area contributed by atoms with Gasteiger partial charge in [0.25, 0.3) is 0 Å². The van der Waals surface area contributed by atoms with Gasteiger partial charge in [-0.15, -0.1) is 17.3 Å². The Morgan fingerprint density at radius 1 is 1.06 bits per heavy atom. The molecule has 0 aliphatic heterocycles. The third-order valence-electron chi connectivity index (χ3n) is 2.26. The monoisotopic (exact) mass is 256 g/mol. The Balaban J connectivity index is 3.20. The van der Waals surface area contributed by atoms with Gasteiger partial charge in [-0.05, 0) is 37.8 Å². The molecule has 0 spiro atoms. The molecule has 0 radical (unpaired) electrons. The van der Waals surface area contributed by atoms with Crippen LogP contribution in [-0.4, -0.2) is 19.1 Å². The first-order chi connectivity index (χ1) is 8.41. The Morgan fingerprint density at radius 3 is 2.65 bits per heavy atom. The maximum atomic E-state index is 5.52. The second kappa shape index (κ2) is 15.5. The first-order valence-corrected chi connectivity index (χ1v) is 7.13. The van der Waals surface area contributed by atoms with Gasteiger partial charge in [-0.3, -0.25) is 0 Å². The van der Waals surface area contributed by atoms with E-state index in [9.17, 15) is 0 Å². The van der Waals surface area contributed by atoms with Crippen LogP contribution in [0.1, 0.15) is 45.4 Å². The van der Waals surface area contributed by atoms with Crippen molar-refractivity contribution in [1.29, 1.82) is 0 Å². The van der Waals surface area contributed by atoms with E-state index in [1.807, 2.05) is 12.2 Å². The zero-order chi connectivity index (χ0) is 12.6. The number of hydrogen-bond acceptors (Lipinski definition) is 1. The Labute approximate surface area is 111 Å². The van der Waals surface area contributed by atoms with Crippen molar-refractivity contribution in [2.24, 2.45) is 0 Å². The lowest BCUT2D eigenvalue weighted by Crippen LogP contribution is -1.91. The molecular formula is C15H25ClO. The van der Waals surface area contributed by atoms with E-state index in [0.717, 1.165) is 19.4 Å². The fourth-order valence-electron chi connectivity index (χ4n) is 1.31. The Kier molecular flexibility index (Phi) is 15.1. The molecule has 0 amide bonds. The first kappa shape index (κ1) is 16.5. The highest BCUT2D eigenvalue weighted by molar-refractivity contribution is 6.17. The van der Waals surface area contributed by atoms with Gasteiger partial charge in [0.1, 0.15) is 0 Å². The number of ether oxygens (including phenoxy) is 1. The van der Waals surface area contributed by atoms with Crippen molar-refractivity contribution in [3.05, 3.63) is 30.0 Å². The van der Waals surface area contributed by atoms with Crippen molar-refractivity contribution < 1.29 is 4.74 Å². The summed E-state index contributed by atoms with van der Waals surface area (Å²) in [5, 5.41) is 0. The minimum atomic E-state index is 0.641. The molecule has 0 aromatic heterocycles. The van der Waals surface area contributed by atoms with Crippen LogP contribution in [0.2, 0.25) is 0 Å². The lowest BCUT2D eigenvalue weighted by atomic mass is 10.2. The molecule has 0 atom stereocenters. The Morgan fingerprint density at radius 2 is 1.88 bits per heavy atom. The number of hydrogen-bond donors (Lipinski definition) is 0. The van der Waals surface area contributed by atoms with Gasteiger partial charge in [0.05, 0.1) is 13.2 Å². The van der Waals surface area contributed by atoms with Crippen LogP contribution in [0, 0.1) is 0 Å². The van der Waals surface area contributed by atoms with E-state index in [1.54, 1.807) is 0 Å². The van der Waals surface area contributed by atoms with Crippen molar-refractivity contribution in [2.45, 2.75) is 45.4 Å². The summed E-state index contributed by atoms with van der Waals surface area (Å²) < 4.78 is 5.42. The SMILES string of the molecule is CCCCC/C=C\CCOCC=C=CCCCl. The molecule has 0 aliphatic carbocycles. The number of rotatable bonds is 11. The molecule has 0 saturated heterocycles. The summed E-state index contributed by atoms with van der Waals surface area (Å²) >= 11 is 5.52. The standard InChI is InChI=1S/C15H25ClO/c1-2-3-4-5-6-8-11-14-17-15-12-9-7-10-13-16/h6-8,12H,2-5,10-11,13-15H2,1H3/b8-6-. The molecule has 0 aliphatic rings. The zero-order valence-electron chi connectivity index (χ0n) is 11.0. The summed E-state index contributed by atoms with van der Waals surface area (Å²) in [7, 11) is 0.